The SMILES string of the molecule is CCc1cnc(NC[C@@H]2C(C)CCCN2C(=O)c2c(-c3ccccc3)nc3ccccn23)nc1. The number of carbonyl (C=O) groups excluding carboxylic acids is 1. The molecule has 2 atom stereocenters. The molecule has 4 aromatic rings. The number of likely N-dealkylation sites (tertiary alicyclic amines) is 1. The second-order valence-corrected chi connectivity index (χ2v) is 8.94. The number of nitrogens with one attached hydrogen (secondary N) is 1. The van der Waals surface area contributed by atoms with Gasteiger partial charge in [0.15, 0.2) is 0 Å². The Morgan fingerprint density at radius 2 is 1.85 bits per heavy atom. The van der Waals surface area contributed by atoms with E-state index in [0.717, 1.165) is 48.3 Å². The Labute approximate surface area is 199 Å². The van der Waals surface area contributed by atoms with E-state index in [2.05, 4.69) is 29.1 Å². The molecule has 1 unspecified atom stereocenters. The molecule has 34 heavy (non-hydrogen) atoms. The van der Waals surface area contributed by atoms with E-state index in [0.29, 0.717) is 24.1 Å². The van der Waals surface area contributed by atoms with Gasteiger partial charge < -0.3 is 10.2 Å². The number of fused-ring (bicyclic) bond motifs is 1. The van der Waals surface area contributed by atoms with Crippen molar-refractivity contribution in [2.45, 2.75) is 39.2 Å². The number of carbonyl (C=O) groups is 1. The molecule has 4 heterocycles. The van der Waals surface area contributed by atoms with E-state index in [1.807, 2.05) is 76.4 Å². The van der Waals surface area contributed by atoms with Gasteiger partial charge in [0.05, 0.1) is 6.04 Å². The summed E-state index contributed by atoms with van der Waals surface area (Å²) in [6, 6.07) is 15.8. The number of hydrogen-bond acceptors (Lipinski definition) is 5. The van der Waals surface area contributed by atoms with Gasteiger partial charge in [0, 0.05) is 37.2 Å². The minimum Gasteiger partial charge on any atom is -0.352 e. The Balaban J connectivity index is 1.47. The fraction of sp³-hybridized carbons (Fsp3) is 0.333. The van der Waals surface area contributed by atoms with Crippen LogP contribution in [0.15, 0.2) is 67.1 Å². The Morgan fingerprint density at radius 1 is 1.09 bits per heavy atom. The van der Waals surface area contributed by atoms with Crippen molar-refractivity contribution in [3.63, 3.8) is 0 Å². The summed E-state index contributed by atoms with van der Waals surface area (Å²) in [6.45, 7) is 5.64. The Morgan fingerprint density at radius 3 is 2.62 bits per heavy atom. The molecular formula is C27H30N6O. The number of nitrogens with zero attached hydrogens (tertiary/aromatic N) is 5. The standard InChI is InChI=1S/C27H30N6O/c1-3-20-16-28-27(29-17-20)30-18-22-19(2)10-9-15-32(22)26(34)25-24(21-11-5-4-6-12-21)31-23-13-7-8-14-33(23)25/h4-8,11-14,16-17,19,22H,3,9-10,15,18H2,1-2H3,(H,28,29,30)/t19?,22-/m1/s1. The molecule has 1 aliphatic rings. The fourth-order valence-electron chi connectivity index (χ4n) is 4.77. The van der Waals surface area contributed by atoms with Gasteiger partial charge in [-0.05, 0) is 42.9 Å². The summed E-state index contributed by atoms with van der Waals surface area (Å²) in [7, 11) is 0. The lowest BCUT2D eigenvalue weighted by Gasteiger charge is -2.40. The van der Waals surface area contributed by atoms with Gasteiger partial charge in [0.2, 0.25) is 5.95 Å². The van der Waals surface area contributed by atoms with Gasteiger partial charge >= 0.3 is 0 Å². The summed E-state index contributed by atoms with van der Waals surface area (Å²) in [5, 5.41) is 3.37. The third-order valence-electron chi connectivity index (χ3n) is 6.74. The molecule has 1 saturated heterocycles. The number of pyridine rings is 1. The average Bonchev–Trinajstić information content (AvgIpc) is 3.28. The molecule has 1 aromatic carbocycles. The van der Waals surface area contributed by atoms with Crippen LogP contribution < -0.4 is 5.32 Å². The van der Waals surface area contributed by atoms with Crippen LogP contribution in [0, 0.1) is 5.92 Å². The van der Waals surface area contributed by atoms with Crippen molar-refractivity contribution < 1.29 is 4.79 Å². The Bertz CT molecular complexity index is 1270. The largest absolute Gasteiger partial charge is 0.352 e. The highest BCUT2D eigenvalue weighted by atomic mass is 16.2. The van der Waals surface area contributed by atoms with Crippen LogP contribution in [0.2, 0.25) is 0 Å². The van der Waals surface area contributed by atoms with Crippen molar-refractivity contribution in [1.82, 2.24) is 24.3 Å². The highest BCUT2D eigenvalue weighted by Gasteiger charge is 2.35. The van der Waals surface area contributed by atoms with E-state index in [1.165, 1.54) is 0 Å². The predicted octanol–water partition coefficient (Wildman–Crippen LogP) is 4.71. The molecule has 0 radical (unpaired) electrons. The number of piperidine rings is 1. The fourth-order valence-corrected chi connectivity index (χ4v) is 4.77. The van der Waals surface area contributed by atoms with Crippen molar-refractivity contribution in [1.29, 1.82) is 0 Å². The third-order valence-corrected chi connectivity index (χ3v) is 6.74. The van der Waals surface area contributed by atoms with Crippen LogP contribution in [0.3, 0.4) is 0 Å². The lowest BCUT2D eigenvalue weighted by molar-refractivity contribution is 0.0533. The molecule has 174 valence electrons. The van der Waals surface area contributed by atoms with Crippen molar-refractivity contribution in [3.8, 4) is 11.3 Å². The highest BCUT2D eigenvalue weighted by molar-refractivity contribution is 6.00. The second-order valence-electron chi connectivity index (χ2n) is 8.94. The van der Waals surface area contributed by atoms with Crippen molar-refractivity contribution >= 4 is 17.5 Å². The van der Waals surface area contributed by atoms with Crippen LogP contribution in [0.1, 0.15) is 42.7 Å². The van der Waals surface area contributed by atoms with Gasteiger partial charge in [0.25, 0.3) is 5.91 Å². The smallest absolute Gasteiger partial charge is 0.273 e. The lowest BCUT2D eigenvalue weighted by Crippen LogP contribution is -2.51. The minimum atomic E-state index is 0.0122. The summed E-state index contributed by atoms with van der Waals surface area (Å²) < 4.78 is 1.92. The van der Waals surface area contributed by atoms with Crippen LogP contribution in [0.5, 0.6) is 0 Å². The van der Waals surface area contributed by atoms with Crippen LogP contribution in [-0.2, 0) is 6.42 Å². The molecule has 0 saturated carbocycles. The van der Waals surface area contributed by atoms with Crippen molar-refractivity contribution in [2.75, 3.05) is 18.4 Å². The number of anilines is 1. The zero-order chi connectivity index (χ0) is 23.5. The number of benzene rings is 1. The van der Waals surface area contributed by atoms with E-state index in [-0.39, 0.29) is 11.9 Å². The number of aryl methyl sites for hydroxylation is 1. The molecule has 1 amide bonds. The van der Waals surface area contributed by atoms with Crippen LogP contribution in [0.25, 0.3) is 16.9 Å². The van der Waals surface area contributed by atoms with Gasteiger partial charge in [-0.25, -0.2) is 15.0 Å². The van der Waals surface area contributed by atoms with Gasteiger partial charge in [-0.2, -0.15) is 0 Å². The van der Waals surface area contributed by atoms with E-state index in [1.54, 1.807) is 0 Å². The van der Waals surface area contributed by atoms with Crippen LogP contribution in [-0.4, -0.2) is 49.3 Å². The maximum Gasteiger partial charge on any atom is 0.273 e. The van der Waals surface area contributed by atoms with Crippen LogP contribution in [0.4, 0.5) is 5.95 Å². The van der Waals surface area contributed by atoms with Crippen molar-refractivity contribution in [2.24, 2.45) is 5.92 Å². The Hall–Kier alpha value is -3.74. The average molecular weight is 455 g/mol. The summed E-state index contributed by atoms with van der Waals surface area (Å²) in [5.74, 6) is 0.972. The van der Waals surface area contributed by atoms with Gasteiger partial charge in [-0.3, -0.25) is 9.20 Å². The second kappa shape index (κ2) is 9.63. The van der Waals surface area contributed by atoms with Crippen LogP contribution >= 0.6 is 0 Å². The van der Waals surface area contributed by atoms with E-state index in [4.69, 9.17) is 4.98 Å². The monoisotopic (exact) mass is 454 g/mol. The normalized spacial score (nSPS) is 18.2. The molecule has 5 rings (SSSR count). The number of hydrogen-bond donors (Lipinski definition) is 1. The molecule has 1 fully saturated rings. The maximum absolute atomic E-state index is 14.1. The number of aromatic nitrogens is 4. The summed E-state index contributed by atoms with van der Waals surface area (Å²) in [4.78, 5) is 29.8. The molecule has 1 N–H and O–H groups in total. The molecule has 7 nitrogen and oxygen atoms in total. The molecule has 0 aliphatic carbocycles. The Kier molecular flexibility index (Phi) is 6.25. The first kappa shape index (κ1) is 22.1. The van der Waals surface area contributed by atoms with E-state index in [9.17, 15) is 4.79 Å². The van der Waals surface area contributed by atoms with E-state index < -0.39 is 0 Å². The zero-order valence-electron chi connectivity index (χ0n) is 19.7. The molecule has 7 heteroatoms. The molecule has 0 spiro atoms. The van der Waals surface area contributed by atoms with Crippen molar-refractivity contribution in [3.05, 3.63) is 78.4 Å². The lowest BCUT2D eigenvalue weighted by atomic mass is 9.90. The topological polar surface area (TPSA) is 75.4 Å². The zero-order valence-corrected chi connectivity index (χ0v) is 19.7. The first-order valence-electron chi connectivity index (χ1n) is 12.0. The molecule has 1 aliphatic heterocycles. The summed E-state index contributed by atoms with van der Waals surface area (Å²) in [6.07, 6.45) is 8.62. The molecular weight excluding hydrogens is 424 g/mol. The maximum atomic E-state index is 14.1. The number of rotatable bonds is 6. The predicted molar refractivity (Wildman–Crippen MR) is 134 cm³/mol. The quantitative estimate of drug-likeness (QED) is 0.457. The van der Waals surface area contributed by atoms with Gasteiger partial charge in [-0.1, -0.05) is 50.2 Å². The number of amides is 1. The highest BCUT2D eigenvalue weighted by Crippen LogP contribution is 2.30. The number of imidazole rings is 1. The first-order chi connectivity index (χ1) is 16.7. The minimum absolute atomic E-state index is 0.0122. The summed E-state index contributed by atoms with van der Waals surface area (Å²) >= 11 is 0. The summed E-state index contributed by atoms with van der Waals surface area (Å²) in [5.41, 5.74) is 4.16. The molecule has 3 aromatic heterocycles. The molecule has 0 bridgehead atoms. The van der Waals surface area contributed by atoms with Gasteiger partial charge in [-0.15, -0.1) is 0 Å². The first-order valence-corrected chi connectivity index (χ1v) is 12.0. The van der Waals surface area contributed by atoms with Gasteiger partial charge in [0.1, 0.15) is 17.0 Å². The third kappa shape index (κ3) is 4.25. The van der Waals surface area contributed by atoms with E-state index >= 15 is 0 Å².